The average molecular weight is 341 g/mol. The summed E-state index contributed by atoms with van der Waals surface area (Å²) in [5.74, 6) is 0. The summed E-state index contributed by atoms with van der Waals surface area (Å²) < 4.78 is 17.5. The van der Waals surface area contributed by atoms with E-state index in [1.165, 1.54) is 0 Å². The Bertz CT molecular complexity index is 414. The van der Waals surface area contributed by atoms with Crippen LogP contribution in [-0.4, -0.2) is 75.4 Å². The summed E-state index contributed by atoms with van der Waals surface area (Å²) >= 11 is 0. The fraction of sp³-hybridized carbons (Fsp3) is 1.00. The van der Waals surface area contributed by atoms with Crippen molar-refractivity contribution in [1.82, 2.24) is 16.0 Å². The molecule has 3 N–H and O–H groups in total. The van der Waals surface area contributed by atoms with Crippen LogP contribution in [0.2, 0.25) is 0 Å². The van der Waals surface area contributed by atoms with Crippen molar-refractivity contribution in [2.45, 2.75) is 68.9 Å². The van der Waals surface area contributed by atoms with Gasteiger partial charge in [0.2, 0.25) is 0 Å². The lowest BCUT2D eigenvalue weighted by atomic mass is 9.87. The molecule has 0 aromatic carbocycles. The van der Waals surface area contributed by atoms with Crippen molar-refractivity contribution in [2.24, 2.45) is 0 Å². The van der Waals surface area contributed by atoms with Gasteiger partial charge in [0.15, 0.2) is 0 Å². The summed E-state index contributed by atoms with van der Waals surface area (Å²) in [6, 6.07) is 0.360. The molecule has 6 nitrogen and oxygen atoms in total. The van der Waals surface area contributed by atoms with E-state index in [2.05, 4.69) is 36.7 Å². The molecule has 3 aliphatic heterocycles. The number of ether oxygens (including phenoxy) is 3. The molecule has 2 bridgehead atoms. The Morgan fingerprint density at radius 1 is 1.38 bits per heavy atom. The van der Waals surface area contributed by atoms with Crippen LogP contribution in [-0.2, 0) is 14.2 Å². The minimum absolute atomic E-state index is 0.0664. The summed E-state index contributed by atoms with van der Waals surface area (Å²) in [6.07, 6.45) is 3.69. The first-order valence-electron chi connectivity index (χ1n) is 9.36. The highest BCUT2D eigenvalue weighted by molar-refractivity contribution is 5.11. The Labute approximate surface area is 146 Å². The van der Waals surface area contributed by atoms with Gasteiger partial charge < -0.3 is 30.2 Å². The molecule has 3 rings (SSSR count). The maximum atomic E-state index is 6.29. The van der Waals surface area contributed by atoms with E-state index in [0.717, 1.165) is 58.7 Å². The zero-order valence-corrected chi connectivity index (χ0v) is 15.7. The van der Waals surface area contributed by atoms with E-state index in [-0.39, 0.29) is 16.7 Å². The number of methoxy groups -OCH3 is 1. The van der Waals surface area contributed by atoms with Crippen LogP contribution in [0.15, 0.2) is 0 Å². The molecule has 0 radical (unpaired) electrons. The van der Waals surface area contributed by atoms with Crippen LogP contribution < -0.4 is 16.0 Å². The molecular weight excluding hydrogens is 306 g/mol. The second-order valence-electron chi connectivity index (χ2n) is 8.61. The fourth-order valence-electron chi connectivity index (χ4n) is 4.03. The van der Waals surface area contributed by atoms with Gasteiger partial charge in [0.1, 0.15) is 0 Å². The fourth-order valence-corrected chi connectivity index (χ4v) is 4.03. The third-order valence-corrected chi connectivity index (χ3v) is 6.00. The van der Waals surface area contributed by atoms with Crippen LogP contribution >= 0.6 is 0 Å². The first-order chi connectivity index (χ1) is 11.4. The lowest BCUT2D eigenvalue weighted by Gasteiger charge is -2.45. The van der Waals surface area contributed by atoms with Crippen LogP contribution in [0.3, 0.4) is 0 Å². The molecule has 0 aliphatic carbocycles. The van der Waals surface area contributed by atoms with E-state index >= 15 is 0 Å². The van der Waals surface area contributed by atoms with Gasteiger partial charge in [0.05, 0.1) is 42.1 Å². The number of rotatable bonds is 8. The first-order valence-corrected chi connectivity index (χ1v) is 9.36. The lowest BCUT2D eigenvalue weighted by Crippen LogP contribution is -2.66. The Kier molecular flexibility index (Phi) is 5.54. The topological polar surface area (TPSA) is 63.8 Å². The molecule has 140 valence electrons. The maximum absolute atomic E-state index is 6.29. The second kappa shape index (κ2) is 7.17. The summed E-state index contributed by atoms with van der Waals surface area (Å²) in [6.45, 7) is 11.8. The molecule has 0 aromatic heterocycles. The van der Waals surface area contributed by atoms with Gasteiger partial charge in [-0.1, -0.05) is 0 Å². The Morgan fingerprint density at radius 3 is 2.75 bits per heavy atom. The molecule has 3 fully saturated rings. The van der Waals surface area contributed by atoms with E-state index in [0.29, 0.717) is 12.1 Å². The Balaban J connectivity index is 1.36. The van der Waals surface area contributed by atoms with Crippen molar-refractivity contribution in [3.8, 4) is 0 Å². The van der Waals surface area contributed by atoms with Crippen molar-refractivity contribution in [2.75, 3.05) is 46.5 Å². The third-order valence-electron chi connectivity index (χ3n) is 6.00. The van der Waals surface area contributed by atoms with Crippen molar-refractivity contribution in [3.05, 3.63) is 0 Å². The average Bonchev–Trinajstić information content (AvgIpc) is 3.17. The number of nitrogens with one attached hydrogen (secondary N) is 3. The molecule has 3 heterocycles. The summed E-state index contributed by atoms with van der Waals surface area (Å²) in [4.78, 5) is 0. The van der Waals surface area contributed by atoms with Crippen LogP contribution in [0, 0.1) is 0 Å². The summed E-state index contributed by atoms with van der Waals surface area (Å²) in [5.41, 5.74) is -0.0723. The maximum Gasteiger partial charge on any atom is 0.0779 e. The van der Waals surface area contributed by atoms with E-state index in [1.807, 2.05) is 0 Å². The Hall–Kier alpha value is -0.240. The number of hydrogen-bond donors (Lipinski definition) is 3. The normalized spacial score (nSPS) is 39.5. The highest BCUT2D eigenvalue weighted by atomic mass is 16.5. The summed E-state index contributed by atoms with van der Waals surface area (Å²) in [5, 5.41) is 10.9. The molecule has 0 saturated carbocycles. The second-order valence-corrected chi connectivity index (χ2v) is 8.61. The molecule has 4 unspecified atom stereocenters. The zero-order valence-electron chi connectivity index (χ0n) is 15.7. The monoisotopic (exact) mass is 341 g/mol. The summed E-state index contributed by atoms with van der Waals surface area (Å²) in [7, 11) is 1.76. The number of morpholine rings is 2. The van der Waals surface area contributed by atoms with Gasteiger partial charge in [0, 0.05) is 26.7 Å². The zero-order chi connectivity index (χ0) is 17.3. The highest BCUT2D eigenvalue weighted by Gasteiger charge is 2.52. The van der Waals surface area contributed by atoms with Crippen molar-refractivity contribution >= 4 is 0 Å². The lowest BCUT2D eigenvalue weighted by molar-refractivity contribution is -0.0926. The predicted molar refractivity (Wildman–Crippen MR) is 94.4 cm³/mol. The SMILES string of the molecule is COC(C)(C)CNCCCC1(C)CNC(C23COC(CN2)C3)CO1. The highest BCUT2D eigenvalue weighted by Crippen LogP contribution is 2.35. The molecule has 3 aliphatic rings. The standard InChI is InChI=1S/C18H35N3O3/c1-16(2,22-4)11-19-7-5-6-17(3)12-20-15(10-24-17)18-8-14(9-21-18)23-13-18/h14-15,19-21H,5-13H2,1-4H3. The van der Waals surface area contributed by atoms with Crippen molar-refractivity contribution < 1.29 is 14.2 Å². The number of fused-ring (bicyclic) bond motifs is 2. The van der Waals surface area contributed by atoms with Gasteiger partial charge >= 0.3 is 0 Å². The smallest absolute Gasteiger partial charge is 0.0779 e. The largest absolute Gasteiger partial charge is 0.377 e. The minimum atomic E-state index is -0.102. The number of hydrogen-bond acceptors (Lipinski definition) is 6. The van der Waals surface area contributed by atoms with Gasteiger partial charge in [-0.3, -0.25) is 0 Å². The van der Waals surface area contributed by atoms with Gasteiger partial charge in [0.25, 0.3) is 0 Å². The molecule has 24 heavy (non-hydrogen) atoms. The van der Waals surface area contributed by atoms with E-state index in [4.69, 9.17) is 14.2 Å². The molecule has 3 saturated heterocycles. The quantitative estimate of drug-likeness (QED) is 0.564. The molecule has 0 spiro atoms. The van der Waals surface area contributed by atoms with Crippen molar-refractivity contribution in [1.29, 1.82) is 0 Å². The molecular formula is C18H35N3O3. The van der Waals surface area contributed by atoms with Crippen LogP contribution in [0.5, 0.6) is 0 Å². The van der Waals surface area contributed by atoms with E-state index < -0.39 is 0 Å². The van der Waals surface area contributed by atoms with Crippen LogP contribution in [0.25, 0.3) is 0 Å². The predicted octanol–water partition coefficient (Wildman–Crippen LogP) is 0.659. The van der Waals surface area contributed by atoms with Gasteiger partial charge in [-0.25, -0.2) is 0 Å². The van der Waals surface area contributed by atoms with Crippen LogP contribution in [0.1, 0.15) is 40.0 Å². The molecule has 4 atom stereocenters. The Morgan fingerprint density at radius 2 is 2.21 bits per heavy atom. The molecule has 0 aromatic rings. The van der Waals surface area contributed by atoms with Gasteiger partial charge in [-0.05, 0) is 46.6 Å². The molecule has 0 amide bonds. The van der Waals surface area contributed by atoms with E-state index in [9.17, 15) is 0 Å². The van der Waals surface area contributed by atoms with Crippen LogP contribution in [0.4, 0.5) is 0 Å². The molecule has 6 heteroatoms. The van der Waals surface area contributed by atoms with Gasteiger partial charge in [-0.2, -0.15) is 0 Å². The minimum Gasteiger partial charge on any atom is -0.377 e. The first kappa shape index (κ1) is 18.5. The van der Waals surface area contributed by atoms with E-state index in [1.54, 1.807) is 7.11 Å². The van der Waals surface area contributed by atoms with Gasteiger partial charge in [-0.15, -0.1) is 0 Å². The third kappa shape index (κ3) is 4.11. The van der Waals surface area contributed by atoms with Crippen molar-refractivity contribution in [3.63, 3.8) is 0 Å².